The summed E-state index contributed by atoms with van der Waals surface area (Å²) in [6.45, 7) is 8.19. The highest BCUT2D eigenvalue weighted by atomic mass is 32.1. The summed E-state index contributed by atoms with van der Waals surface area (Å²) >= 11 is 4.47. The molecule has 4 atom stereocenters. The number of amides is 1. The second-order valence-electron chi connectivity index (χ2n) is 6.11. The number of fused-ring (bicyclic) bond motifs is 2. The van der Waals surface area contributed by atoms with Crippen LogP contribution in [-0.4, -0.2) is 52.3 Å². The molecular weight excluding hydrogens is 246 g/mol. The molecule has 3 heterocycles. The molecule has 4 unspecified atom stereocenters. The maximum absolute atomic E-state index is 12.3. The molecule has 3 saturated heterocycles. The Labute approximate surface area is 115 Å². The number of rotatable bonds is 4. The Kier molecular flexibility index (Phi) is 4.24. The lowest BCUT2D eigenvalue weighted by atomic mass is 9.86. The zero-order valence-corrected chi connectivity index (χ0v) is 12.4. The van der Waals surface area contributed by atoms with E-state index in [1.807, 2.05) is 4.90 Å². The second kappa shape index (κ2) is 5.39. The molecule has 3 aliphatic heterocycles. The molecule has 5 heteroatoms. The predicted molar refractivity (Wildman–Crippen MR) is 76.5 cm³/mol. The predicted octanol–water partition coefficient (Wildman–Crippen LogP) is 0.921. The first-order chi connectivity index (χ1) is 8.40. The molecule has 4 nitrogen and oxygen atoms in total. The largest absolute Gasteiger partial charge is 0.333 e. The van der Waals surface area contributed by atoms with Gasteiger partial charge in [0.15, 0.2) is 0 Å². The summed E-state index contributed by atoms with van der Waals surface area (Å²) in [5.41, 5.74) is 6.01. The lowest BCUT2D eigenvalue weighted by Crippen LogP contribution is -2.72. The third kappa shape index (κ3) is 2.68. The van der Waals surface area contributed by atoms with Crippen LogP contribution in [0.2, 0.25) is 0 Å². The van der Waals surface area contributed by atoms with Gasteiger partial charge < -0.3 is 10.6 Å². The van der Waals surface area contributed by atoms with Gasteiger partial charge in [-0.2, -0.15) is 12.6 Å². The molecule has 2 bridgehead atoms. The SMILES string of the molecule is CC(C)CC(N)C(=O)N1C2CC1CN(C(C)S)C2. The van der Waals surface area contributed by atoms with Crippen molar-refractivity contribution in [2.75, 3.05) is 13.1 Å². The molecule has 104 valence electrons. The van der Waals surface area contributed by atoms with Crippen molar-refractivity contribution in [1.82, 2.24) is 9.80 Å². The standard InChI is InChI=1S/C13H25N3OS/c1-8(2)4-12(14)13(17)16-10-5-11(16)7-15(6-10)9(3)18/h8-12,18H,4-7,14H2,1-3H3. The zero-order chi connectivity index (χ0) is 13.4. The van der Waals surface area contributed by atoms with Crippen LogP contribution >= 0.6 is 12.6 Å². The molecule has 3 aliphatic rings. The average molecular weight is 271 g/mol. The number of piperazine rings is 1. The van der Waals surface area contributed by atoms with Gasteiger partial charge in [-0.3, -0.25) is 9.69 Å². The maximum Gasteiger partial charge on any atom is 0.240 e. The third-order valence-corrected chi connectivity index (χ3v) is 4.37. The fourth-order valence-corrected chi connectivity index (χ4v) is 3.30. The molecule has 1 amide bonds. The molecule has 0 radical (unpaired) electrons. The number of hydrogen-bond acceptors (Lipinski definition) is 4. The summed E-state index contributed by atoms with van der Waals surface area (Å²) in [6.07, 6.45) is 1.92. The van der Waals surface area contributed by atoms with E-state index in [1.165, 1.54) is 0 Å². The van der Waals surface area contributed by atoms with E-state index in [1.54, 1.807) is 0 Å². The van der Waals surface area contributed by atoms with Crippen LogP contribution in [0.3, 0.4) is 0 Å². The molecule has 0 aromatic heterocycles. The van der Waals surface area contributed by atoms with Crippen molar-refractivity contribution < 1.29 is 4.79 Å². The minimum Gasteiger partial charge on any atom is -0.333 e. The Bertz CT molecular complexity index is 309. The van der Waals surface area contributed by atoms with Gasteiger partial charge in [-0.25, -0.2) is 0 Å². The van der Waals surface area contributed by atoms with E-state index in [0.29, 0.717) is 18.0 Å². The number of thiol groups is 1. The van der Waals surface area contributed by atoms with E-state index in [0.717, 1.165) is 25.9 Å². The van der Waals surface area contributed by atoms with Crippen molar-refractivity contribution >= 4 is 18.5 Å². The average Bonchev–Trinajstić information content (AvgIpc) is 2.27. The Morgan fingerprint density at radius 1 is 1.33 bits per heavy atom. The molecule has 3 fully saturated rings. The molecular formula is C13H25N3OS. The van der Waals surface area contributed by atoms with E-state index in [4.69, 9.17) is 5.73 Å². The van der Waals surface area contributed by atoms with Crippen LogP contribution in [0.5, 0.6) is 0 Å². The first-order valence-corrected chi connectivity index (χ1v) is 7.41. The van der Waals surface area contributed by atoms with Crippen LogP contribution in [0.15, 0.2) is 0 Å². The highest BCUT2D eigenvalue weighted by molar-refractivity contribution is 7.80. The molecule has 3 rings (SSSR count). The quantitative estimate of drug-likeness (QED) is 0.748. The van der Waals surface area contributed by atoms with Gasteiger partial charge in [-0.05, 0) is 25.7 Å². The minimum absolute atomic E-state index is 0.149. The molecule has 0 saturated carbocycles. The summed E-state index contributed by atoms with van der Waals surface area (Å²) in [6, 6.07) is 0.406. The van der Waals surface area contributed by atoms with Gasteiger partial charge in [-0.1, -0.05) is 13.8 Å². The first-order valence-electron chi connectivity index (χ1n) is 6.90. The van der Waals surface area contributed by atoms with Gasteiger partial charge in [0.05, 0.1) is 11.4 Å². The summed E-state index contributed by atoms with van der Waals surface area (Å²) < 4.78 is 0. The Hall–Kier alpha value is -0.260. The van der Waals surface area contributed by atoms with Crippen LogP contribution in [0.25, 0.3) is 0 Å². The van der Waals surface area contributed by atoms with Gasteiger partial charge in [0.1, 0.15) is 0 Å². The van der Waals surface area contributed by atoms with E-state index in [2.05, 4.69) is 38.3 Å². The number of nitrogens with zero attached hydrogens (tertiary/aromatic N) is 2. The topological polar surface area (TPSA) is 49.6 Å². The van der Waals surface area contributed by atoms with Crippen LogP contribution in [-0.2, 0) is 4.79 Å². The van der Waals surface area contributed by atoms with Crippen molar-refractivity contribution in [3.05, 3.63) is 0 Å². The Morgan fingerprint density at radius 2 is 1.89 bits per heavy atom. The van der Waals surface area contributed by atoms with Gasteiger partial charge in [0.25, 0.3) is 0 Å². The highest BCUT2D eigenvalue weighted by Gasteiger charge is 2.48. The number of carbonyl (C=O) groups is 1. The third-order valence-electron chi connectivity index (χ3n) is 4.05. The summed E-state index contributed by atoms with van der Waals surface area (Å²) in [7, 11) is 0. The van der Waals surface area contributed by atoms with Gasteiger partial charge in [0.2, 0.25) is 5.91 Å². The van der Waals surface area contributed by atoms with E-state index in [-0.39, 0.29) is 17.3 Å². The fourth-order valence-electron chi connectivity index (χ4n) is 3.11. The van der Waals surface area contributed by atoms with Crippen LogP contribution < -0.4 is 5.73 Å². The van der Waals surface area contributed by atoms with Gasteiger partial charge in [0, 0.05) is 25.2 Å². The van der Waals surface area contributed by atoms with Crippen molar-refractivity contribution in [2.24, 2.45) is 11.7 Å². The van der Waals surface area contributed by atoms with Crippen LogP contribution in [0.4, 0.5) is 0 Å². The summed E-state index contributed by atoms with van der Waals surface area (Å²) in [5.74, 6) is 0.621. The van der Waals surface area contributed by atoms with Crippen molar-refractivity contribution in [2.45, 2.75) is 57.1 Å². The monoisotopic (exact) mass is 271 g/mol. The normalized spacial score (nSPS) is 31.1. The number of nitrogens with two attached hydrogens (primary N) is 1. The Balaban J connectivity index is 1.91. The van der Waals surface area contributed by atoms with E-state index >= 15 is 0 Å². The zero-order valence-electron chi connectivity index (χ0n) is 11.5. The molecule has 0 aliphatic carbocycles. The summed E-state index contributed by atoms with van der Waals surface area (Å²) in [4.78, 5) is 16.7. The number of carbonyl (C=O) groups excluding carboxylic acids is 1. The van der Waals surface area contributed by atoms with Gasteiger partial charge >= 0.3 is 0 Å². The Morgan fingerprint density at radius 3 is 2.33 bits per heavy atom. The molecule has 0 spiro atoms. The van der Waals surface area contributed by atoms with Crippen LogP contribution in [0, 0.1) is 5.92 Å². The fraction of sp³-hybridized carbons (Fsp3) is 0.923. The molecule has 0 aromatic carbocycles. The lowest BCUT2D eigenvalue weighted by molar-refractivity contribution is -0.156. The second-order valence-corrected chi connectivity index (χ2v) is 6.86. The van der Waals surface area contributed by atoms with E-state index in [9.17, 15) is 4.79 Å². The molecule has 18 heavy (non-hydrogen) atoms. The first kappa shape index (κ1) is 14.2. The molecule has 0 aromatic rings. The minimum atomic E-state index is -0.324. The smallest absolute Gasteiger partial charge is 0.240 e. The summed E-state index contributed by atoms with van der Waals surface area (Å²) in [5, 5.41) is 0.275. The number of piperidine rings is 1. The van der Waals surface area contributed by atoms with Gasteiger partial charge in [-0.15, -0.1) is 0 Å². The van der Waals surface area contributed by atoms with Crippen molar-refractivity contribution in [1.29, 1.82) is 0 Å². The number of hydrogen-bond donors (Lipinski definition) is 2. The lowest BCUT2D eigenvalue weighted by Gasteiger charge is -2.57. The van der Waals surface area contributed by atoms with Crippen molar-refractivity contribution in [3.8, 4) is 0 Å². The highest BCUT2D eigenvalue weighted by Crippen LogP contribution is 2.34. The van der Waals surface area contributed by atoms with Crippen molar-refractivity contribution in [3.63, 3.8) is 0 Å². The van der Waals surface area contributed by atoms with Crippen LogP contribution in [0.1, 0.15) is 33.6 Å². The molecule has 2 N–H and O–H groups in total. The van der Waals surface area contributed by atoms with E-state index < -0.39 is 0 Å². The maximum atomic E-state index is 12.3.